The summed E-state index contributed by atoms with van der Waals surface area (Å²) in [6.07, 6.45) is 2.62. The molecular formula is C14H14FN3OS. The second kappa shape index (κ2) is 5.22. The van der Waals surface area contributed by atoms with Gasteiger partial charge in [0, 0.05) is 18.0 Å². The molecule has 0 amide bonds. The second-order valence-electron chi connectivity index (χ2n) is 4.47. The number of halogens is 1. The largest absolute Gasteiger partial charge is 0.437 e. The molecule has 2 heterocycles. The molecule has 1 aromatic carbocycles. The van der Waals surface area contributed by atoms with Crippen LogP contribution < -0.4 is 10.5 Å². The summed E-state index contributed by atoms with van der Waals surface area (Å²) in [6, 6.07) is 4.43. The normalized spacial score (nSPS) is 11.2. The first-order valence-electron chi connectivity index (χ1n) is 6.27. The van der Waals surface area contributed by atoms with Crippen molar-refractivity contribution in [2.45, 2.75) is 13.3 Å². The summed E-state index contributed by atoms with van der Waals surface area (Å²) < 4.78 is 20.9. The maximum absolute atomic E-state index is 13.1. The zero-order chi connectivity index (χ0) is 14.1. The molecule has 0 saturated heterocycles. The molecule has 0 unspecified atom stereocenters. The highest BCUT2D eigenvalue weighted by atomic mass is 32.1. The van der Waals surface area contributed by atoms with Crippen molar-refractivity contribution in [3.05, 3.63) is 46.9 Å². The summed E-state index contributed by atoms with van der Waals surface area (Å²) in [4.78, 5) is 5.32. The number of ether oxygens (including phenoxy) is 1. The van der Waals surface area contributed by atoms with Crippen molar-refractivity contribution in [2.75, 3.05) is 6.54 Å². The summed E-state index contributed by atoms with van der Waals surface area (Å²) in [5.74, 6) is 0.871. The first-order chi connectivity index (χ1) is 9.69. The van der Waals surface area contributed by atoms with E-state index >= 15 is 0 Å². The third-order valence-electron chi connectivity index (χ3n) is 3.05. The maximum Gasteiger partial charge on any atom is 0.242 e. The molecule has 0 atom stereocenters. The Morgan fingerprint density at radius 3 is 3.05 bits per heavy atom. The molecule has 4 nitrogen and oxygen atoms in total. The molecule has 3 aromatic rings. The van der Waals surface area contributed by atoms with Gasteiger partial charge < -0.3 is 10.5 Å². The van der Waals surface area contributed by atoms with E-state index in [4.69, 9.17) is 10.5 Å². The Morgan fingerprint density at radius 1 is 1.45 bits per heavy atom. The fraction of sp³-hybridized carbons (Fsp3) is 0.214. The number of thiazole rings is 1. The molecule has 0 fully saturated rings. The van der Waals surface area contributed by atoms with E-state index in [9.17, 15) is 4.39 Å². The van der Waals surface area contributed by atoms with Gasteiger partial charge in [-0.15, -0.1) is 11.3 Å². The number of hydrogen-bond acceptors (Lipinski definition) is 4. The fourth-order valence-corrected chi connectivity index (χ4v) is 2.81. The van der Waals surface area contributed by atoms with Gasteiger partial charge in [0.05, 0.1) is 5.69 Å². The summed E-state index contributed by atoms with van der Waals surface area (Å²) in [5, 5.41) is 1.97. The molecule has 0 aliphatic carbocycles. The highest BCUT2D eigenvalue weighted by molar-refractivity contribution is 7.15. The molecule has 3 rings (SSSR count). The van der Waals surface area contributed by atoms with Crippen molar-refractivity contribution >= 4 is 16.3 Å². The molecule has 20 heavy (non-hydrogen) atoms. The summed E-state index contributed by atoms with van der Waals surface area (Å²) in [5.41, 5.74) is 7.32. The SMILES string of the molecule is Cc1cc(F)ccc1Oc1nc2sccn2c1CCN. The van der Waals surface area contributed by atoms with Crippen molar-refractivity contribution in [3.8, 4) is 11.6 Å². The van der Waals surface area contributed by atoms with E-state index in [1.807, 2.05) is 16.0 Å². The lowest BCUT2D eigenvalue weighted by molar-refractivity contribution is 0.454. The van der Waals surface area contributed by atoms with Crippen LogP contribution in [0.15, 0.2) is 29.8 Å². The van der Waals surface area contributed by atoms with Crippen LogP contribution in [-0.4, -0.2) is 15.9 Å². The number of aryl methyl sites for hydroxylation is 1. The zero-order valence-electron chi connectivity index (χ0n) is 11.0. The Morgan fingerprint density at radius 2 is 2.30 bits per heavy atom. The lowest BCUT2D eigenvalue weighted by atomic mass is 10.2. The van der Waals surface area contributed by atoms with E-state index in [1.54, 1.807) is 13.0 Å². The number of aromatic nitrogens is 2. The molecule has 0 bridgehead atoms. The Bertz CT molecular complexity index is 750. The van der Waals surface area contributed by atoms with Gasteiger partial charge in [-0.05, 0) is 37.2 Å². The number of benzene rings is 1. The van der Waals surface area contributed by atoms with Gasteiger partial charge in [-0.25, -0.2) is 4.39 Å². The highest BCUT2D eigenvalue weighted by Gasteiger charge is 2.15. The van der Waals surface area contributed by atoms with Crippen molar-refractivity contribution < 1.29 is 9.13 Å². The van der Waals surface area contributed by atoms with Crippen LogP contribution in [0.3, 0.4) is 0 Å². The lowest BCUT2D eigenvalue weighted by Gasteiger charge is -2.08. The van der Waals surface area contributed by atoms with Gasteiger partial charge in [-0.3, -0.25) is 4.40 Å². The van der Waals surface area contributed by atoms with Crippen molar-refractivity contribution in [2.24, 2.45) is 5.73 Å². The third kappa shape index (κ3) is 2.28. The summed E-state index contributed by atoms with van der Waals surface area (Å²) in [6.45, 7) is 2.32. The molecular weight excluding hydrogens is 277 g/mol. The quantitative estimate of drug-likeness (QED) is 0.803. The summed E-state index contributed by atoms with van der Waals surface area (Å²) >= 11 is 1.54. The van der Waals surface area contributed by atoms with Gasteiger partial charge in [0.1, 0.15) is 11.6 Å². The minimum atomic E-state index is -0.275. The minimum Gasteiger partial charge on any atom is -0.437 e. The molecule has 2 aromatic heterocycles. The van der Waals surface area contributed by atoms with E-state index in [2.05, 4.69) is 4.98 Å². The Labute approximate surface area is 119 Å². The van der Waals surface area contributed by atoms with Crippen molar-refractivity contribution in [3.63, 3.8) is 0 Å². The van der Waals surface area contributed by atoms with Crippen LogP contribution in [0, 0.1) is 12.7 Å². The molecule has 0 radical (unpaired) electrons. The van der Waals surface area contributed by atoms with Crippen molar-refractivity contribution in [1.29, 1.82) is 0 Å². The lowest BCUT2D eigenvalue weighted by Crippen LogP contribution is -2.05. The number of nitrogens with zero attached hydrogens (tertiary/aromatic N) is 2. The average molecular weight is 291 g/mol. The van der Waals surface area contributed by atoms with Gasteiger partial charge in [-0.2, -0.15) is 4.98 Å². The van der Waals surface area contributed by atoms with Crippen LogP contribution in [0.1, 0.15) is 11.3 Å². The van der Waals surface area contributed by atoms with E-state index in [0.29, 0.717) is 24.6 Å². The van der Waals surface area contributed by atoms with Crippen LogP contribution in [-0.2, 0) is 6.42 Å². The van der Waals surface area contributed by atoms with Gasteiger partial charge in [0.15, 0.2) is 4.96 Å². The Hall–Kier alpha value is -1.92. The minimum absolute atomic E-state index is 0.275. The van der Waals surface area contributed by atoms with E-state index in [1.165, 1.54) is 23.5 Å². The zero-order valence-corrected chi connectivity index (χ0v) is 11.8. The van der Waals surface area contributed by atoms with Gasteiger partial charge in [0.25, 0.3) is 0 Å². The fourth-order valence-electron chi connectivity index (χ4n) is 2.09. The molecule has 2 N–H and O–H groups in total. The van der Waals surface area contributed by atoms with E-state index in [0.717, 1.165) is 16.2 Å². The van der Waals surface area contributed by atoms with Crippen molar-refractivity contribution in [1.82, 2.24) is 9.38 Å². The third-order valence-corrected chi connectivity index (χ3v) is 3.81. The van der Waals surface area contributed by atoms with Crippen LogP contribution in [0.25, 0.3) is 4.96 Å². The van der Waals surface area contributed by atoms with Gasteiger partial charge in [0.2, 0.25) is 5.88 Å². The molecule has 0 spiro atoms. The number of nitrogens with two attached hydrogens (primary N) is 1. The van der Waals surface area contributed by atoms with Crippen LogP contribution in [0.2, 0.25) is 0 Å². The van der Waals surface area contributed by atoms with E-state index < -0.39 is 0 Å². The number of fused-ring (bicyclic) bond motifs is 1. The molecule has 6 heteroatoms. The standard InChI is InChI=1S/C14H14FN3OS/c1-9-8-10(15)2-3-12(9)19-13-11(4-5-16)18-6-7-20-14(18)17-13/h2-3,6-8H,4-5,16H2,1H3. The molecule has 0 saturated carbocycles. The van der Waals surface area contributed by atoms with Crippen LogP contribution in [0.4, 0.5) is 4.39 Å². The first kappa shape index (κ1) is 13.1. The predicted molar refractivity (Wildman–Crippen MR) is 77.0 cm³/mol. The number of rotatable bonds is 4. The number of imidazole rings is 1. The Kier molecular flexibility index (Phi) is 3.42. The van der Waals surface area contributed by atoms with Crippen LogP contribution in [0.5, 0.6) is 11.6 Å². The van der Waals surface area contributed by atoms with E-state index in [-0.39, 0.29) is 5.82 Å². The molecule has 104 valence electrons. The topological polar surface area (TPSA) is 52.5 Å². The highest BCUT2D eigenvalue weighted by Crippen LogP contribution is 2.30. The molecule has 0 aliphatic heterocycles. The van der Waals surface area contributed by atoms with Gasteiger partial charge >= 0.3 is 0 Å². The maximum atomic E-state index is 13.1. The second-order valence-corrected chi connectivity index (χ2v) is 5.34. The van der Waals surface area contributed by atoms with Gasteiger partial charge in [-0.1, -0.05) is 0 Å². The average Bonchev–Trinajstić information content (AvgIpc) is 2.96. The molecule has 0 aliphatic rings. The first-order valence-corrected chi connectivity index (χ1v) is 7.15. The Balaban J connectivity index is 2.01. The predicted octanol–water partition coefficient (Wildman–Crippen LogP) is 3.14. The smallest absolute Gasteiger partial charge is 0.242 e. The van der Waals surface area contributed by atoms with Crippen LogP contribution >= 0.6 is 11.3 Å². The monoisotopic (exact) mass is 291 g/mol. The summed E-state index contributed by atoms with van der Waals surface area (Å²) in [7, 11) is 0. The number of hydrogen-bond donors (Lipinski definition) is 1.